The second-order valence-corrected chi connectivity index (χ2v) is 7.59. The van der Waals surface area contributed by atoms with Crippen LogP contribution in [0.25, 0.3) is 0 Å². The normalized spacial score (nSPS) is 19.3. The van der Waals surface area contributed by atoms with Crippen molar-refractivity contribution in [2.24, 2.45) is 5.92 Å². The van der Waals surface area contributed by atoms with Gasteiger partial charge in [-0.05, 0) is 25.5 Å². The zero-order valence-electron chi connectivity index (χ0n) is 17.3. The predicted molar refractivity (Wildman–Crippen MR) is 99.6 cm³/mol. The first-order chi connectivity index (χ1) is 15.0. The molecule has 176 valence electrons. The zero-order valence-corrected chi connectivity index (χ0v) is 17.3. The van der Waals surface area contributed by atoms with Crippen LogP contribution in [0, 0.1) is 41.9 Å². The molecule has 10 heteroatoms. The Labute approximate surface area is 180 Å². The van der Waals surface area contributed by atoms with Gasteiger partial charge in [-0.15, -0.1) is 0 Å². The summed E-state index contributed by atoms with van der Waals surface area (Å²) in [5.41, 5.74) is -2.71. The van der Waals surface area contributed by atoms with Gasteiger partial charge in [0.15, 0.2) is 23.7 Å². The number of hydrogen-bond donors (Lipinski definition) is 0. The van der Waals surface area contributed by atoms with E-state index in [1.807, 2.05) is 6.92 Å². The topological polar surface area (TPSA) is 27.7 Å². The summed E-state index contributed by atoms with van der Waals surface area (Å²) in [5.74, 6) is -9.76. The minimum atomic E-state index is -4.66. The summed E-state index contributed by atoms with van der Waals surface area (Å²) in [6.45, 7) is 3.46. The van der Waals surface area contributed by atoms with Gasteiger partial charge in [0.05, 0.1) is 13.2 Å². The molecule has 1 aliphatic rings. The summed E-state index contributed by atoms with van der Waals surface area (Å²) < 4.78 is 114. The van der Waals surface area contributed by atoms with Crippen molar-refractivity contribution in [2.45, 2.75) is 45.5 Å². The minimum Gasteiger partial charge on any atom is -0.428 e. The van der Waals surface area contributed by atoms with E-state index in [1.165, 1.54) is 0 Å². The number of benzene rings is 2. The number of unbranched alkanes of at least 4 members (excludes halogenated alkanes) is 1. The summed E-state index contributed by atoms with van der Waals surface area (Å²) in [7, 11) is 0. The average molecular weight is 466 g/mol. The molecule has 1 heterocycles. The molecule has 1 aliphatic heterocycles. The molecular weight excluding hydrogens is 445 g/mol. The SMILES string of the molecule is CCCCC1COC(c2cc(F)c(C(F)(F)Oc3cc(F)c(F)c(F)c3C)c(F)c2)OC1. The number of alkyl halides is 2. The van der Waals surface area contributed by atoms with Crippen LogP contribution in [0.5, 0.6) is 5.75 Å². The molecule has 0 radical (unpaired) electrons. The Morgan fingerprint density at radius 1 is 0.938 bits per heavy atom. The number of halogens is 7. The van der Waals surface area contributed by atoms with Crippen molar-refractivity contribution in [1.82, 2.24) is 0 Å². The van der Waals surface area contributed by atoms with Crippen molar-refractivity contribution in [2.75, 3.05) is 13.2 Å². The third-order valence-corrected chi connectivity index (χ3v) is 5.16. The molecule has 3 rings (SSSR count). The second-order valence-electron chi connectivity index (χ2n) is 7.59. The van der Waals surface area contributed by atoms with Gasteiger partial charge in [-0.1, -0.05) is 19.8 Å². The number of rotatable bonds is 7. The third kappa shape index (κ3) is 5.01. The van der Waals surface area contributed by atoms with Gasteiger partial charge < -0.3 is 14.2 Å². The molecule has 0 spiro atoms. The summed E-state index contributed by atoms with van der Waals surface area (Å²) in [6, 6.07) is 1.40. The van der Waals surface area contributed by atoms with E-state index in [0.717, 1.165) is 26.2 Å². The smallest absolute Gasteiger partial charge is 0.428 e. The van der Waals surface area contributed by atoms with Crippen LogP contribution in [-0.4, -0.2) is 13.2 Å². The molecule has 2 aromatic rings. The first-order valence-electron chi connectivity index (χ1n) is 9.98. The molecule has 3 nitrogen and oxygen atoms in total. The first kappa shape index (κ1) is 24.3. The van der Waals surface area contributed by atoms with Crippen molar-refractivity contribution in [1.29, 1.82) is 0 Å². The van der Waals surface area contributed by atoms with Crippen LogP contribution in [0.2, 0.25) is 0 Å². The van der Waals surface area contributed by atoms with E-state index in [9.17, 15) is 30.7 Å². The molecule has 0 aromatic heterocycles. The molecule has 0 unspecified atom stereocenters. The van der Waals surface area contributed by atoms with Gasteiger partial charge in [0, 0.05) is 23.1 Å². The largest absolute Gasteiger partial charge is 0.432 e. The summed E-state index contributed by atoms with van der Waals surface area (Å²) in [5, 5.41) is 0. The quantitative estimate of drug-likeness (QED) is 0.337. The molecule has 0 N–H and O–H groups in total. The number of ether oxygens (including phenoxy) is 3. The molecule has 1 fully saturated rings. The predicted octanol–water partition coefficient (Wildman–Crippen LogP) is 6.67. The van der Waals surface area contributed by atoms with Gasteiger partial charge in [0.2, 0.25) is 0 Å². The maximum Gasteiger partial charge on any atom is 0.432 e. The molecule has 0 bridgehead atoms. The van der Waals surface area contributed by atoms with E-state index >= 15 is 0 Å². The maximum atomic E-state index is 14.5. The van der Waals surface area contributed by atoms with E-state index in [2.05, 4.69) is 4.74 Å². The van der Waals surface area contributed by atoms with Gasteiger partial charge in [0.1, 0.15) is 22.9 Å². The molecule has 1 saturated heterocycles. The first-order valence-corrected chi connectivity index (χ1v) is 9.98. The number of hydrogen-bond acceptors (Lipinski definition) is 3. The van der Waals surface area contributed by atoms with Gasteiger partial charge in [0.25, 0.3) is 0 Å². The van der Waals surface area contributed by atoms with E-state index in [0.29, 0.717) is 12.1 Å². The highest BCUT2D eigenvalue weighted by molar-refractivity contribution is 5.37. The Balaban J connectivity index is 1.82. The fourth-order valence-corrected chi connectivity index (χ4v) is 3.36. The summed E-state index contributed by atoms with van der Waals surface area (Å²) in [6.07, 6.45) is -2.98. The Morgan fingerprint density at radius 2 is 1.53 bits per heavy atom. The Kier molecular flexibility index (Phi) is 7.34. The van der Waals surface area contributed by atoms with Crippen LogP contribution in [-0.2, 0) is 15.6 Å². The Hall–Kier alpha value is -2.33. The van der Waals surface area contributed by atoms with Crippen LogP contribution in [0.3, 0.4) is 0 Å². The van der Waals surface area contributed by atoms with Crippen LogP contribution in [0.4, 0.5) is 30.7 Å². The highest BCUT2D eigenvalue weighted by atomic mass is 19.3. The summed E-state index contributed by atoms with van der Waals surface area (Å²) in [4.78, 5) is 0. The van der Waals surface area contributed by atoms with Crippen molar-refractivity contribution in [3.63, 3.8) is 0 Å². The Bertz CT molecular complexity index is 949. The van der Waals surface area contributed by atoms with Crippen molar-refractivity contribution in [3.8, 4) is 5.75 Å². The molecule has 32 heavy (non-hydrogen) atoms. The molecule has 0 atom stereocenters. The Morgan fingerprint density at radius 3 is 2.09 bits per heavy atom. The van der Waals surface area contributed by atoms with Gasteiger partial charge in [-0.25, -0.2) is 22.0 Å². The average Bonchev–Trinajstić information content (AvgIpc) is 2.74. The molecule has 0 amide bonds. The second kappa shape index (κ2) is 9.66. The zero-order chi connectivity index (χ0) is 23.6. The van der Waals surface area contributed by atoms with Crippen LogP contribution in [0.15, 0.2) is 18.2 Å². The van der Waals surface area contributed by atoms with Crippen LogP contribution >= 0.6 is 0 Å². The summed E-state index contributed by atoms with van der Waals surface area (Å²) >= 11 is 0. The monoisotopic (exact) mass is 466 g/mol. The van der Waals surface area contributed by atoms with E-state index < -0.39 is 58.4 Å². The van der Waals surface area contributed by atoms with Crippen molar-refractivity contribution < 1.29 is 44.9 Å². The van der Waals surface area contributed by atoms with Gasteiger partial charge in [-0.3, -0.25) is 0 Å². The lowest BCUT2D eigenvalue weighted by Crippen LogP contribution is -2.28. The fraction of sp³-hybridized carbons (Fsp3) is 0.455. The van der Waals surface area contributed by atoms with Gasteiger partial charge >= 0.3 is 6.11 Å². The third-order valence-electron chi connectivity index (χ3n) is 5.16. The fourth-order valence-electron chi connectivity index (χ4n) is 3.36. The van der Waals surface area contributed by atoms with Crippen molar-refractivity contribution >= 4 is 0 Å². The highest BCUT2D eigenvalue weighted by Crippen LogP contribution is 2.39. The van der Waals surface area contributed by atoms with E-state index in [1.54, 1.807) is 0 Å². The lowest BCUT2D eigenvalue weighted by atomic mass is 10.0. The van der Waals surface area contributed by atoms with E-state index in [-0.39, 0.29) is 30.8 Å². The molecule has 0 aliphatic carbocycles. The van der Waals surface area contributed by atoms with Crippen LogP contribution in [0.1, 0.15) is 49.2 Å². The van der Waals surface area contributed by atoms with Gasteiger partial charge in [-0.2, -0.15) is 8.78 Å². The lowest BCUT2D eigenvalue weighted by Gasteiger charge is -2.30. The minimum absolute atomic E-state index is 0.123. The molecule has 2 aromatic carbocycles. The van der Waals surface area contributed by atoms with E-state index in [4.69, 9.17) is 9.47 Å². The highest BCUT2D eigenvalue weighted by Gasteiger charge is 2.42. The maximum absolute atomic E-state index is 14.5. The van der Waals surface area contributed by atoms with Crippen molar-refractivity contribution in [3.05, 3.63) is 64.0 Å². The standard InChI is InChI=1S/C22H21F7O3/c1-3-4-5-12-9-30-21(31-10-12)13-6-14(23)18(15(24)7-13)22(28,29)32-17-8-16(25)20(27)19(26)11(17)2/h6-8,12,21H,3-5,9-10H2,1-2H3. The van der Waals surface area contributed by atoms with Crippen LogP contribution < -0.4 is 4.74 Å². The molecular formula is C22H21F7O3. The lowest BCUT2D eigenvalue weighted by molar-refractivity contribution is -0.206. The molecule has 0 saturated carbocycles.